The van der Waals surface area contributed by atoms with Crippen LogP contribution in [-0.4, -0.2) is 60.5 Å². The lowest BCUT2D eigenvalue weighted by Crippen LogP contribution is -2.43. The third-order valence-corrected chi connectivity index (χ3v) is 5.44. The van der Waals surface area contributed by atoms with E-state index in [2.05, 4.69) is 13.8 Å². The maximum Gasteiger partial charge on any atom is 0.349 e. The number of amides is 2. The summed E-state index contributed by atoms with van der Waals surface area (Å²) < 4.78 is 11.2. The van der Waals surface area contributed by atoms with Crippen molar-refractivity contribution in [3.05, 3.63) is 33.4 Å². The molecule has 2 aliphatic rings. The summed E-state index contributed by atoms with van der Waals surface area (Å²) in [4.78, 5) is 40.8. The Balaban J connectivity index is 1.78. The second kappa shape index (κ2) is 7.84. The monoisotopic (exact) mass is 376 g/mol. The van der Waals surface area contributed by atoms with Crippen molar-refractivity contribution in [3.8, 4) is 0 Å². The Bertz CT molecular complexity index is 785. The second-order valence-electron chi connectivity index (χ2n) is 7.93. The van der Waals surface area contributed by atoms with Crippen molar-refractivity contribution in [2.75, 3.05) is 26.7 Å². The van der Waals surface area contributed by atoms with E-state index < -0.39 is 5.63 Å². The fraction of sp³-hybridized carbons (Fsp3) is 0.650. The largest absolute Gasteiger partial charge is 0.427 e. The number of carbonyl (C=O) groups is 2. The van der Waals surface area contributed by atoms with Gasteiger partial charge in [-0.05, 0) is 30.9 Å². The molecule has 0 N–H and O–H groups in total. The molecular weight excluding hydrogens is 348 g/mol. The highest BCUT2D eigenvalue weighted by molar-refractivity contribution is 5.95. The summed E-state index contributed by atoms with van der Waals surface area (Å²) in [5, 5.41) is 0. The Morgan fingerprint density at radius 2 is 2.04 bits per heavy atom. The van der Waals surface area contributed by atoms with Crippen LogP contribution in [0, 0.1) is 12.8 Å². The van der Waals surface area contributed by atoms with Crippen LogP contribution in [0.5, 0.6) is 0 Å². The molecule has 1 aromatic heterocycles. The molecule has 3 rings (SSSR count). The van der Waals surface area contributed by atoms with Gasteiger partial charge in [0.15, 0.2) is 0 Å². The van der Waals surface area contributed by atoms with Crippen LogP contribution < -0.4 is 5.63 Å². The summed E-state index contributed by atoms with van der Waals surface area (Å²) in [6.07, 6.45) is 1.74. The van der Waals surface area contributed by atoms with E-state index in [0.29, 0.717) is 49.8 Å². The molecule has 0 unspecified atom stereocenters. The van der Waals surface area contributed by atoms with Crippen LogP contribution in [0.4, 0.5) is 0 Å². The van der Waals surface area contributed by atoms with Crippen LogP contribution in [0.2, 0.25) is 0 Å². The third kappa shape index (κ3) is 4.08. The van der Waals surface area contributed by atoms with Crippen LogP contribution in [0.15, 0.2) is 15.3 Å². The molecule has 0 spiro atoms. The number of hydrogen-bond donors (Lipinski definition) is 0. The highest BCUT2D eigenvalue weighted by Crippen LogP contribution is 2.24. The van der Waals surface area contributed by atoms with Crippen LogP contribution >= 0.6 is 0 Å². The number of nitrogens with zero attached hydrogens (tertiary/aromatic N) is 2. The van der Waals surface area contributed by atoms with Gasteiger partial charge in [-0.25, -0.2) is 4.79 Å². The first-order valence-electron chi connectivity index (χ1n) is 9.58. The van der Waals surface area contributed by atoms with Gasteiger partial charge in [-0.3, -0.25) is 9.59 Å². The number of rotatable bonds is 4. The minimum atomic E-state index is -0.587. The first kappa shape index (κ1) is 19.6. The molecule has 0 bridgehead atoms. The summed E-state index contributed by atoms with van der Waals surface area (Å²) in [6.45, 7) is 7.08. The lowest BCUT2D eigenvalue weighted by atomic mass is 10.0. The molecule has 0 radical (unpaired) electrons. The van der Waals surface area contributed by atoms with Crippen LogP contribution in [0.3, 0.4) is 0 Å². The molecule has 3 heterocycles. The molecule has 2 aliphatic heterocycles. The maximum absolute atomic E-state index is 13.0. The molecule has 7 heteroatoms. The molecule has 27 heavy (non-hydrogen) atoms. The van der Waals surface area contributed by atoms with E-state index in [9.17, 15) is 14.4 Å². The molecule has 0 aromatic carbocycles. The van der Waals surface area contributed by atoms with E-state index in [4.69, 9.17) is 9.15 Å². The van der Waals surface area contributed by atoms with Crippen LogP contribution in [0.1, 0.15) is 48.4 Å². The predicted molar refractivity (Wildman–Crippen MR) is 99.7 cm³/mol. The average molecular weight is 376 g/mol. The van der Waals surface area contributed by atoms with E-state index in [1.165, 1.54) is 0 Å². The molecule has 2 saturated heterocycles. The number of aryl methyl sites for hydroxylation is 2. The van der Waals surface area contributed by atoms with Gasteiger partial charge in [-0.2, -0.15) is 0 Å². The van der Waals surface area contributed by atoms with Gasteiger partial charge in [0.2, 0.25) is 5.91 Å². The summed E-state index contributed by atoms with van der Waals surface area (Å²) in [7, 11) is 1.74. The normalized spacial score (nSPS) is 22.9. The molecule has 2 fully saturated rings. The van der Waals surface area contributed by atoms with Gasteiger partial charge in [0.05, 0.1) is 25.2 Å². The lowest BCUT2D eigenvalue weighted by Gasteiger charge is -2.25. The predicted octanol–water partition coefficient (Wildman–Crippen LogP) is 1.61. The molecule has 0 aliphatic carbocycles. The van der Waals surface area contributed by atoms with Crippen molar-refractivity contribution in [3.63, 3.8) is 0 Å². The fourth-order valence-electron chi connectivity index (χ4n) is 3.76. The smallest absolute Gasteiger partial charge is 0.349 e. The number of carbonyl (C=O) groups excluding carboxylic acids is 2. The standard InChI is InChI=1S/C20H28N2O5/c1-12(2)5-6-14-9-13(3)18(20(25)27-14)19(24)22-10-15-16(11-22)26-8-7-17(23)21(15)4/h9,12,15-16H,5-8,10-11H2,1-4H3/t15-,16-/m0/s1. The van der Waals surface area contributed by atoms with Crippen LogP contribution in [-0.2, 0) is 16.0 Å². The zero-order valence-electron chi connectivity index (χ0n) is 16.5. The van der Waals surface area contributed by atoms with E-state index in [1.54, 1.807) is 29.8 Å². The SMILES string of the molecule is Cc1cc(CCC(C)C)oc(=O)c1C(=O)N1C[C@@H]2OCCC(=O)N(C)[C@H]2C1. The van der Waals surface area contributed by atoms with Crippen molar-refractivity contribution in [1.82, 2.24) is 9.80 Å². The zero-order chi connectivity index (χ0) is 19.7. The van der Waals surface area contributed by atoms with E-state index in [1.807, 2.05) is 0 Å². The summed E-state index contributed by atoms with van der Waals surface area (Å²) >= 11 is 0. The molecule has 1 aromatic rings. The molecular formula is C20H28N2O5. The van der Waals surface area contributed by atoms with Crippen molar-refractivity contribution >= 4 is 11.8 Å². The Morgan fingerprint density at radius 1 is 1.30 bits per heavy atom. The highest BCUT2D eigenvalue weighted by Gasteiger charge is 2.42. The van der Waals surface area contributed by atoms with Gasteiger partial charge in [-0.1, -0.05) is 13.8 Å². The van der Waals surface area contributed by atoms with Crippen molar-refractivity contribution in [1.29, 1.82) is 0 Å². The van der Waals surface area contributed by atoms with Gasteiger partial charge < -0.3 is 19.0 Å². The Kier molecular flexibility index (Phi) is 5.69. The minimum absolute atomic E-state index is 0.0157. The average Bonchev–Trinajstić information content (AvgIpc) is 2.97. The minimum Gasteiger partial charge on any atom is -0.427 e. The van der Waals surface area contributed by atoms with E-state index >= 15 is 0 Å². The first-order chi connectivity index (χ1) is 12.8. The van der Waals surface area contributed by atoms with Crippen LogP contribution in [0.25, 0.3) is 0 Å². The highest BCUT2D eigenvalue weighted by atomic mass is 16.5. The summed E-state index contributed by atoms with van der Waals surface area (Å²) in [5.74, 6) is 0.785. The van der Waals surface area contributed by atoms with Gasteiger partial charge >= 0.3 is 5.63 Å². The molecule has 0 saturated carbocycles. The Labute approximate surface area is 159 Å². The second-order valence-corrected chi connectivity index (χ2v) is 7.93. The number of hydrogen-bond acceptors (Lipinski definition) is 5. The number of fused-ring (bicyclic) bond motifs is 1. The number of likely N-dealkylation sites (N-methyl/N-ethyl adjacent to an activating group) is 1. The van der Waals surface area contributed by atoms with Gasteiger partial charge in [0.25, 0.3) is 5.91 Å². The van der Waals surface area contributed by atoms with E-state index in [-0.39, 0.29) is 29.5 Å². The number of likely N-dealkylation sites (tertiary alicyclic amines) is 1. The lowest BCUT2D eigenvalue weighted by molar-refractivity contribution is -0.131. The van der Waals surface area contributed by atoms with Gasteiger partial charge in [0.1, 0.15) is 11.3 Å². The summed E-state index contributed by atoms with van der Waals surface area (Å²) in [6, 6.07) is 1.61. The Morgan fingerprint density at radius 3 is 2.70 bits per heavy atom. The van der Waals surface area contributed by atoms with E-state index in [0.717, 1.165) is 6.42 Å². The molecule has 7 nitrogen and oxygen atoms in total. The fourth-order valence-corrected chi connectivity index (χ4v) is 3.76. The third-order valence-electron chi connectivity index (χ3n) is 5.44. The van der Waals surface area contributed by atoms with Crippen molar-refractivity contribution in [2.24, 2.45) is 5.92 Å². The van der Waals surface area contributed by atoms with Crippen molar-refractivity contribution in [2.45, 2.75) is 52.2 Å². The first-order valence-corrected chi connectivity index (χ1v) is 9.58. The summed E-state index contributed by atoms with van der Waals surface area (Å²) in [5.41, 5.74) is 0.123. The van der Waals surface area contributed by atoms with Gasteiger partial charge in [-0.15, -0.1) is 0 Å². The van der Waals surface area contributed by atoms with Gasteiger partial charge in [0, 0.05) is 26.6 Å². The van der Waals surface area contributed by atoms with Crippen molar-refractivity contribution < 1.29 is 18.7 Å². The quantitative estimate of drug-likeness (QED) is 0.798. The Hall–Kier alpha value is -2.15. The number of ether oxygens (including phenoxy) is 1. The zero-order valence-corrected chi connectivity index (χ0v) is 16.5. The molecule has 2 atom stereocenters. The molecule has 2 amide bonds. The molecule has 148 valence electrons. The maximum atomic E-state index is 13.0. The topological polar surface area (TPSA) is 80.1 Å².